The summed E-state index contributed by atoms with van der Waals surface area (Å²) in [5.74, 6) is -2.49. The Balaban J connectivity index is 1.82. The molecule has 0 radical (unpaired) electrons. The second-order valence-electron chi connectivity index (χ2n) is 5.70. The number of hydrogen-bond donors (Lipinski definition) is 2. The number of nitrogens with two attached hydrogens (primary N) is 1. The molecule has 0 heterocycles. The lowest BCUT2D eigenvalue weighted by Crippen LogP contribution is -2.17. The van der Waals surface area contributed by atoms with E-state index in [0.717, 1.165) is 5.75 Å². The summed E-state index contributed by atoms with van der Waals surface area (Å²) in [6.07, 6.45) is -0.641. The summed E-state index contributed by atoms with van der Waals surface area (Å²) in [7, 11) is 0. The second-order valence-corrected chi connectivity index (χ2v) is 5.70. The van der Waals surface area contributed by atoms with E-state index in [-0.39, 0.29) is 26.1 Å². The summed E-state index contributed by atoms with van der Waals surface area (Å²) in [6, 6.07) is 7.11. The Morgan fingerprint density at radius 1 is 0.759 bits per heavy atom. The molecular formula is C19H27NO9. The lowest BCUT2D eigenvalue weighted by Gasteiger charge is -2.08. The van der Waals surface area contributed by atoms with E-state index in [1.54, 1.807) is 24.3 Å². The van der Waals surface area contributed by atoms with Crippen molar-refractivity contribution in [3.63, 3.8) is 0 Å². The monoisotopic (exact) mass is 413 g/mol. The van der Waals surface area contributed by atoms with Gasteiger partial charge < -0.3 is 34.5 Å². The normalized spacial score (nSPS) is 10.5. The smallest absolute Gasteiger partial charge is 0.372 e. The molecule has 1 rings (SSSR count). The topological polar surface area (TPSA) is 144 Å². The van der Waals surface area contributed by atoms with Crippen molar-refractivity contribution in [3.8, 4) is 5.75 Å². The number of nitrogen functional groups attached to an aromatic ring is 1. The van der Waals surface area contributed by atoms with Gasteiger partial charge in [-0.1, -0.05) is 0 Å². The minimum atomic E-state index is -1.56. The van der Waals surface area contributed by atoms with Crippen molar-refractivity contribution < 1.29 is 43.2 Å². The first-order chi connectivity index (χ1) is 14.0. The van der Waals surface area contributed by atoms with Crippen LogP contribution in [0.5, 0.6) is 5.75 Å². The molecule has 1 aromatic rings. The lowest BCUT2D eigenvalue weighted by atomic mass is 10.2. The molecule has 0 amide bonds. The fourth-order valence-corrected chi connectivity index (χ4v) is 1.93. The fourth-order valence-electron chi connectivity index (χ4n) is 1.93. The van der Waals surface area contributed by atoms with Gasteiger partial charge in [-0.15, -0.1) is 0 Å². The highest BCUT2D eigenvalue weighted by Gasteiger charge is 2.14. The molecular weight excluding hydrogens is 386 g/mol. The van der Waals surface area contributed by atoms with Gasteiger partial charge in [-0.2, -0.15) is 0 Å². The van der Waals surface area contributed by atoms with Gasteiger partial charge in [0.15, 0.2) is 0 Å². The van der Waals surface area contributed by atoms with E-state index in [9.17, 15) is 14.4 Å². The van der Waals surface area contributed by atoms with Crippen molar-refractivity contribution in [1.82, 2.24) is 0 Å². The Labute approximate surface area is 168 Å². The predicted octanol–water partition coefficient (Wildman–Crippen LogP) is 0.675. The molecule has 10 heteroatoms. The number of ketones is 1. The number of rotatable bonds is 17. The van der Waals surface area contributed by atoms with Gasteiger partial charge >= 0.3 is 11.9 Å². The first kappa shape index (κ1) is 24.3. The molecule has 0 saturated heterocycles. The van der Waals surface area contributed by atoms with Gasteiger partial charge in [0.2, 0.25) is 5.78 Å². The fraction of sp³-hybridized carbons (Fsp3) is 0.526. The number of carboxylic acid groups (broad SMARTS) is 1. The average Bonchev–Trinajstić information content (AvgIpc) is 2.70. The molecule has 3 N–H and O–H groups in total. The largest absolute Gasteiger partial charge is 0.491 e. The van der Waals surface area contributed by atoms with Crippen LogP contribution in [0.2, 0.25) is 0 Å². The van der Waals surface area contributed by atoms with Gasteiger partial charge in [0, 0.05) is 12.1 Å². The number of carbonyl (C=O) groups is 3. The third-order valence-corrected chi connectivity index (χ3v) is 3.41. The Hall–Kier alpha value is -2.69. The minimum absolute atomic E-state index is 0.0250. The van der Waals surface area contributed by atoms with Crippen LogP contribution in [0.25, 0.3) is 0 Å². The third-order valence-electron chi connectivity index (χ3n) is 3.41. The SMILES string of the molecule is Nc1ccc(OCCOCCOCCOCCOC(=O)CCC(=O)C(=O)O)cc1. The van der Waals surface area contributed by atoms with Crippen molar-refractivity contribution in [1.29, 1.82) is 0 Å². The molecule has 0 saturated carbocycles. The molecule has 0 aliphatic rings. The molecule has 0 fully saturated rings. The Kier molecular flexibility index (Phi) is 12.8. The summed E-state index contributed by atoms with van der Waals surface area (Å²) in [5.41, 5.74) is 6.27. The zero-order valence-electron chi connectivity index (χ0n) is 16.2. The van der Waals surface area contributed by atoms with Gasteiger partial charge in [-0.25, -0.2) is 4.79 Å². The second kappa shape index (κ2) is 15.3. The van der Waals surface area contributed by atoms with Gasteiger partial charge in [-0.05, 0) is 24.3 Å². The summed E-state index contributed by atoms with van der Waals surface area (Å²) in [4.78, 5) is 32.4. The first-order valence-corrected chi connectivity index (χ1v) is 9.12. The summed E-state index contributed by atoms with van der Waals surface area (Å²) in [6.45, 7) is 2.61. The number of carboxylic acids is 1. The third kappa shape index (κ3) is 13.2. The van der Waals surface area contributed by atoms with Crippen molar-refractivity contribution in [2.75, 3.05) is 58.6 Å². The minimum Gasteiger partial charge on any atom is -0.491 e. The molecule has 0 aliphatic carbocycles. The van der Waals surface area contributed by atoms with E-state index in [2.05, 4.69) is 0 Å². The summed E-state index contributed by atoms with van der Waals surface area (Å²) < 4.78 is 26.2. The molecule has 10 nitrogen and oxygen atoms in total. The maximum absolute atomic E-state index is 11.3. The van der Waals surface area contributed by atoms with E-state index < -0.39 is 17.7 Å². The highest BCUT2D eigenvalue weighted by atomic mass is 16.6. The van der Waals surface area contributed by atoms with Crippen molar-refractivity contribution in [3.05, 3.63) is 24.3 Å². The number of carbonyl (C=O) groups excluding carboxylic acids is 2. The van der Waals surface area contributed by atoms with E-state index in [0.29, 0.717) is 45.3 Å². The number of ether oxygens (including phenoxy) is 5. The summed E-state index contributed by atoms with van der Waals surface area (Å²) >= 11 is 0. The molecule has 162 valence electrons. The van der Waals surface area contributed by atoms with Crippen LogP contribution in [0.4, 0.5) is 5.69 Å². The lowest BCUT2D eigenvalue weighted by molar-refractivity contribution is -0.151. The number of esters is 1. The number of aliphatic carboxylic acids is 1. The van der Waals surface area contributed by atoms with Crippen LogP contribution >= 0.6 is 0 Å². The standard InChI is InChI=1S/C19H27NO9/c20-15-1-3-16(4-2-15)28-13-11-26-9-7-25-8-10-27-12-14-29-18(22)6-5-17(21)19(23)24/h1-4H,5-14,20H2,(H,23,24). The van der Waals surface area contributed by atoms with E-state index in [1.807, 2.05) is 0 Å². The zero-order chi connectivity index (χ0) is 21.3. The predicted molar refractivity (Wildman–Crippen MR) is 102 cm³/mol. The van der Waals surface area contributed by atoms with Crippen molar-refractivity contribution in [2.45, 2.75) is 12.8 Å². The Bertz CT molecular complexity index is 619. The van der Waals surface area contributed by atoms with Crippen LogP contribution in [0.3, 0.4) is 0 Å². The van der Waals surface area contributed by atoms with E-state index in [1.165, 1.54) is 0 Å². The van der Waals surface area contributed by atoms with Crippen LogP contribution in [0.15, 0.2) is 24.3 Å². The Morgan fingerprint density at radius 3 is 1.83 bits per heavy atom. The van der Waals surface area contributed by atoms with Crippen molar-refractivity contribution >= 4 is 23.4 Å². The zero-order valence-corrected chi connectivity index (χ0v) is 16.2. The molecule has 0 aromatic heterocycles. The van der Waals surface area contributed by atoms with Crippen molar-refractivity contribution in [2.24, 2.45) is 0 Å². The highest BCUT2D eigenvalue weighted by Crippen LogP contribution is 2.12. The number of benzene rings is 1. The number of Topliss-reactive ketones (excluding diaryl/α,β-unsaturated/α-hetero) is 1. The van der Waals surface area contributed by atoms with Gasteiger partial charge in [0.25, 0.3) is 0 Å². The maximum Gasteiger partial charge on any atom is 0.372 e. The molecule has 0 atom stereocenters. The molecule has 29 heavy (non-hydrogen) atoms. The average molecular weight is 413 g/mol. The van der Waals surface area contributed by atoms with Gasteiger partial charge in [0.1, 0.15) is 19.0 Å². The maximum atomic E-state index is 11.3. The number of anilines is 1. The van der Waals surface area contributed by atoms with Crippen LogP contribution in [0, 0.1) is 0 Å². The van der Waals surface area contributed by atoms with Gasteiger partial charge in [0.05, 0.1) is 46.1 Å². The van der Waals surface area contributed by atoms with Crippen LogP contribution < -0.4 is 10.5 Å². The first-order valence-electron chi connectivity index (χ1n) is 9.12. The van der Waals surface area contributed by atoms with Crippen LogP contribution in [-0.2, 0) is 33.3 Å². The highest BCUT2D eigenvalue weighted by molar-refractivity contribution is 6.32. The molecule has 1 aromatic carbocycles. The van der Waals surface area contributed by atoms with Crippen LogP contribution in [0.1, 0.15) is 12.8 Å². The molecule has 0 unspecified atom stereocenters. The molecule has 0 aliphatic heterocycles. The quantitative estimate of drug-likeness (QED) is 0.162. The molecule has 0 spiro atoms. The van der Waals surface area contributed by atoms with E-state index in [4.69, 9.17) is 34.5 Å². The van der Waals surface area contributed by atoms with Gasteiger partial charge in [-0.3, -0.25) is 9.59 Å². The molecule has 0 bridgehead atoms. The summed E-state index contributed by atoms with van der Waals surface area (Å²) in [5, 5.41) is 8.38. The van der Waals surface area contributed by atoms with E-state index >= 15 is 0 Å². The number of hydrogen-bond acceptors (Lipinski definition) is 9. The van der Waals surface area contributed by atoms with Crippen LogP contribution in [-0.4, -0.2) is 75.7 Å². The Morgan fingerprint density at radius 2 is 1.28 bits per heavy atom.